The fourth-order valence-electron chi connectivity index (χ4n) is 1.76. The minimum Gasteiger partial charge on any atom is -0.496 e. The number of rotatable bonds is 2. The standard InChI is InChI=1S/C14H12N2O2/c1-9-5-11(8-16-14(9)17)12-6-10(7-15)3-4-13(12)18-2/h3-6,8H,1-2H3,(H,16,17). The zero-order valence-corrected chi connectivity index (χ0v) is 10.2. The molecule has 0 saturated heterocycles. The Labute approximate surface area is 104 Å². The Morgan fingerprint density at radius 1 is 1.33 bits per heavy atom. The van der Waals surface area contributed by atoms with Crippen LogP contribution in [0.4, 0.5) is 0 Å². The van der Waals surface area contributed by atoms with Crippen LogP contribution in [-0.2, 0) is 0 Å². The summed E-state index contributed by atoms with van der Waals surface area (Å²) in [6, 6.07) is 9.04. The van der Waals surface area contributed by atoms with E-state index >= 15 is 0 Å². The van der Waals surface area contributed by atoms with Gasteiger partial charge in [-0.1, -0.05) is 0 Å². The number of nitrogens with zero attached hydrogens (tertiary/aromatic N) is 1. The molecule has 0 amide bonds. The van der Waals surface area contributed by atoms with Gasteiger partial charge in [-0.05, 0) is 31.2 Å². The highest BCUT2D eigenvalue weighted by molar-refractivity contribution is 5.71. The van der Waals surface area contributed by atoms with E-state index in [0.717, 1.165) is 11.1 Å². The summed E-state index contributed by atoms with van der Waals surface area (Å²) >= 11 is 0. The van der Waals surface area contributed by atoms with E-state index in [4.69, 9.17) is 10.00 Å². The van der Waals surface area contributed by atoms with E-state index in [2.05, 4.69) is 11.1 Å². The minimum absolute atomic E-state index is 0.117. The highest BCUT2D eigenvalue weighted by Crippen LogP contribution is 2.30. The second kappa shape index (κ2) is 4.76. The van der Waals surface area contributed by atoms with E-state index in [1.165, 1.54) is 0 Å². The molecule has 1 heterocycles. The molecular weight excluding hydrogens is 228 g/mol. The molecule has 90 valence electrons. The fourth-order valence-corrected chi connectivity index (χ4v) is 1.76. The van der Waals surface area contributed by atoms with Gasteiger partial charge in [-0.3, -0.25) is 4.79 Å². The van der Waals surface area contributed by atoms with Crippen molar-refractivity contribution in [2.24, 2.45) is 0 Å². The highest BCUT2D eigenvalue weighted by atomic mass is 16.5. The lowest BCUT2D eigenvalue weighted by Gasteiger charge is -2.09. The third-order valence-corrected chi connectivity index (χ3v) is 2.73. The SMILES string of the molecule is COc1ccc(C#N)cc1-c1c[nH]c(=O)c(C)c1. The van der Waals surface area contributed by atoms with E-state index < -0.39 is 0 Å². The van der Waals surface area contributed by atoms with Gasteiger partial charge in [0.15, 0.2) is 0 Å². The number of hydrogen-bond acceptors (Lipinski definition) is 3. The number of nitriles is 1. The van der Waals surface area contributed by atoms with E-state index in [0.29, 0.717) is 16.9 Å². The zero-order valence-electron chi connectivity index (χ0n) is 10.2. The second-order valence-electron chi connectivity index (χ2n) is 3.93. The molecule has 4 nitrogen and oxygen atoms in total. The maximum absolute atomic E-state index is 11.3. The summed E-state index contributed by atoms with van der Waals surface area (Å²) in [5.41, 5.74) is 2.66. The van der Waals surface area contributed by atoms with Gasteiger partial charge in [0.05, 0.1) is 18.7 Å². The quantitative estimate of drug-likeness (QED) is 0.875. The van der Waals surface area contributed by atoms with Crippen LogP contribution in [0.15, 0.2) is 35.3 Å². The first-order chi connectivity index (χ1) is 8.65. The van der Waals surface area contributed by atoms with Crippen LogP contribution in [0.5, 0.6) is 5.75 Å². The molecular formula is C14H12N2O2. The van der Waals surface area contributed by atoms with Gasteiger partial charge in [-0.15, -0.1) is 0 Å². The molecule has 0 aliphatic carbocycles. The van der Waals surface area contributed by atoms with Crippen molar-refractivity contribution >= 4 is 0 Å². The summed E-state index contributed by atoms with van der Waals surface area (Å²) in [5.74, 6) is 0.667. The van der Waals surface area contributed by atoms with Crippen molar-refractivity contribution in [2.45, 2.75) is 6.92 Å². The Hall–Kier alpha value is -2.54. The number of methoxy groups -OCH3 is 1. The molecule has 4 heteroatoms. The number of pyridine rings is 1. The maximum Gasteiger partial charge on any atom is 0.250 e. The first-order valence-electron chi connectivity index (χ1n) is 5.43. The monoisotopic (exact) mass is 240 g/mol. The number of nitrogens with one attached hydrogen (secondary N) is 1. The number of aryl methyl sites for hydroxylation is 1. The van der Waals surface area contributed by atoms with Gasteiger partial charge < -0.3 is 9.72 Å². The predicted molar refractivity (Wildman–Crippen MR) is 68.5 cm³/mol. The molecule has 0 bridgehead atoms. The molecule has 0 saturated carbocycles. The summed E-state index contributed by atoms with van der Waals surface area (Å²) in [7, 11) is 1.57. The summed E-state index contributed by atoms with van der Waals surface area (Å²) in [4.78, 5) is 14.0. The third-order valence-electron chi connectivity index (χ3n) is 2.73. The van der Waals surface area contributed by atoms with Crippen LogP contribution in [-0.4, -0.2) is 12.1 Å². The van der Waals surface area contributed by atoms with Crippen molar-refractivity contribution in [3.05, 3.63) is 51.9 Å². The molecule has 0 aliphatic heterocycles. The van der Waals surface area contributed by atoms with Crippen LogP contribution in [0.3, 0.4) is 0 Å². The Kier molecular flexibility index (Phi) is 3.16. The van der Waals surface area contributed by atoms with Gasteiger partial charge in [0, 0.05) is 22.9 Å². The van der Waals surface area contributed by atoms with Gasteiger partial charge in [0.2, 0.25) is 0 Å². The molecule has 0 atom stereocenters. The Morgan fingerprint density at radius 3 is 2.72 bits per heavy atom. The van der Waals surface area contributed by atoms with Crippen molar-refractivity contribution in [1.82, 2.24) is 4.98 Å². The normalized spacial score (nSPS) is 9.83. The fraction of sp³-hybridized carbons (Fsp3) is 0.143. The Bertz CT molecular complexity index is 681. The number of aromatic amines is 1. The van der Waals surface area contributed by atoms with E-state index in [-0.39, 0.29) is 5.56 Å². The summed E-state index contributed by atoms with van der Waals surface area (Å²) in [6.45, 7) is 1.74. The number of aromatic nitrogens is 1. The summed E-state index contributed by atoms with van der Waals surface area (Å²) < 4.78 is 5.27. The van der Waals surface area contributed by atoms with Crippen LogP contribution in [0.1, 0.15) is 11.1 Å². The number of hydrogen-bond donors (Lipinski definition) is 1. The smallest absolute Gasteiger partial charge is 0.250 e. The largest absolute Gasteiger partial charge is 0.496 e. The van der Waals surface area contributed by atoms with E-state index in [1.807, 2.05) is 0 Å². The number of ether oxygens (including phenoxy) is 1. The first-order valence-corrected chi connectivity index (χ1v) is 5.43. The van der Waals surface area contributed by atoms with E-state index in [9.17, 15) is 4.79 Å². The van der Waals surface area contributed by atoms with Crippen molar-refractivity contribution in [3.63, 3.8) is 0 Å². The Morgan fingerprint density at radius 2 is 2.11 bits per heavy atom. The first kappa shape index (κ1) is 11.9. The number of benzene rings is 1. The molecule has 2 rings (SSSR count). The van der Waals surface area contributed by atoms with Crippen LogP contribution in [0, 0.1) is 18.3 Å². The molecule has 0 unspecified atom stereocenters. The summed E-state index contributed by atoms with van der Waals surface area (Å²) in [6.07, 6.45) is 1.62. The van der Waals surface area contributed by atoms with Gasteiger partial charge in [0.1, 0.15) is 5.75 Å². The van der Waals surface area contributed by atoms with Crippen LogP contribution < -0.4 is 10.3 Å². The zero-order chi connectivity index (χ0) is 13.1. The van der Waals surface area contributed by atoms with Crippen LogP contribution >= 0.6 is 0 Å². The lowest BCUT2D eigenvalue weighted by molar-refractivity contribution is 0.416. The molecule has 0 spiro atoms. The molecule has 2 aromatic rings. The second-order valence-corrected chi connectivity index (χ2v) is 3.93. The van der Waals surface area contributed by atoms with Crippen molar-refractivity contribution in [2.75, 3.05) is 7.11 Å². The van der Waals surface area contributed by atoms with E-state index in [1.54, 1.807) is 44.5 Å². The average Bonchev–Trinajstić information content (AvgIpc) is 2.41. The highest BCUT2D eigenvalue weighted by Gasteiger charge is 2.08. The van der Waals surface area contributed by atoms with Gasteiger partial charge in [0.25, 0.3) is 5.56 Å². The molecule has 0 aliphatic rings. The maximum atomic E-state index is 11.3. The molecule has 1 aromatic carbocycles. The molecule has 0 fully saturated rings. The van der Waals surface area contributed by atoms with Crippen LogP contribution in [0.25, 0.3) is 11.1 Å². The van der Waals surface area contributed by atoms with Crippen molar-refractivity contribution in [3.8, 4) is 22.9 Å². The topological polar surface area (TPSA) is 65.9 Å². The Balaban J connectivity index is 2.65. The molecule has 18 heavy (non-hydrogen) atoms. The van der Waals surface area contributed by atoms with Crippen molar-refractivity contribution in [1.29, 1.82) is 5.26 Å². The predicted octanol–water partition coefficient (Wildman–Crippen LogP) is 2.23. The molecule has 0 radical (unpaired) electrons. The van der Waals surface area contributed by atoms with Crippen molar-refractivity contribution < 1.29 is 4.74 Å². The minimum atomic E-state index is -0.117. The lowest BCUT2D eigenvalue weighted by atomic mass is 10.0. The van der Waals surface area contributed by atoms with Gasteiger partial charge in [-0.25, -0.2) is 0 Å². The van der Waals surface area contributed by atoms with Gasteiger partial charge in [-0.2, -0.15) is 5.26 Å². The third kappa shape index (κ3) is 2.11. The molecule has 1 aromatic heterocycles. The van der Waals surface area contributed by atoms with Gasteiger partial charge >= 0.3 is 0 Å². The lowest BCUT2D eigenvalue weighted by Crippen LogP contribution is -2.08. The molecule has 1 N–H and O–H groups in total. The summed E-state index contributed by atoms with van der Waals surface area (Å²) in [5, 5.41) is 8.92. The van der Waals surface area contributed by atoms with Crippen LogP contribution in [0.2, 0.25) is 0 Å². The average molecular weight is 240 g/mol. The number of H-pyrrole nitrogens is 1.